The third kappa shape index (κ3) is 4.19. The van der Waals surface area contributed by atoms with E-state index in [9.17, 15) is 0 Å². The minimum absolute atomic E-state index is 0.464. The van der Waals surface area contributed by atoms with Gasteiger partial charge in [-0.3, -0.25) is 0 Å². The van der Waals surface area contributed by atoms with Crippen molar-refractivity contribution in [2.75, 3.05) is 6.54 Å². The summed E-state index contributed by atoms with van der Waals surface area (Å²) in [6.07, 6.45) is 2.42. The maximum absolute atomic E-state index is 3.63. The Morgan fingerprint density at radius 1 is 1.11 bits per heavy atom. The quantitative estimate of drug-likeness (QED) is 0.773. The number of benzene rings is 1. The predicted octanol–water partition coefficient (Wildman–Crippen LogP) is 4.67. The number of thiophene rings is 1. The molecule has 0 saturated carbocycles. The molecular formula is C17H23NS. The van der Waals surface area contributed by atoms with E-state index >= 15 is 0 Å². The molecule has 1 nitrogen and oxygen atoms in total. The molecule has 2 heteroatoms. The highest BCUT2D eigenvalue weighted by atomic mass is 32.1. The predicted molar refractivity (Wildman–Crippen MR) is 84.7 cm³/mol. The lowest BCUT2D eigenvalue weighted by molar-refractivity contribution is 0.373. The molecule has 1 aromatic carbocycles. The Balaban J connectivity index is 1.98. The minimum atomic E-state index is 0.464. The molecule has 19 heavy (non-hydrogen) atoms. The molecule has 2 unspecified atom stereocenters. The van der Waals surface area contributed by atoms with Crippen LogP contribution in [-0.2, 0) is 6.42 Å². The molecule has 0 bridgehead atoms. The molecule has 1 N–H and O–H groups in total. The molecule has 2 atom stereocenters. The SMILES string of the molecule is CCNC(c1ccccc1)C(C)CCc1cccs1. The summed E-state index contributed by atoms with van der Waals surface area (Å²) >= 11 is 1.87. The van der Waals surface area contributed by atoms with Crippen molar-refractivity contribution >= 4 is 11.3 Å². The summed E-state index contributed by atoms with van der Waals surface area (Å²) in [6.45, 7) is 5.55. The lowest BCUT2D eigenvalue weighted by Gasteiger charge is -2.25. The highest BCUT2D eigenvalue weighted by Gasteiger charge is 2.17. The molecule has 2 aromatic rings. The maximum Gasteiger partial charge on any atom is 0.0346 e. The van der Waals surface area contributed by atoms with Gasteiger partial charge in [0.15, 0.2) is 0 Å². The van der Waals surface area contributed by atoms with Crippen molar-refractivity contribution in [1.29, 1.82) is 0 Å². The topological polar surface area (TPSA) is 12.0 Å². The van der Waals surface area contributed by atoms with Crippen LogP contribution in [0, 0.1) is 5.92 Å². The Bertz CT molecular complexity index is 449. The van der Waals surface area contributed by atoms with Gasteiger partial charge in [-0.2, -0.15) is 0 Å². The van der Waals surface area contributed by atoms with Gasteiger partial charge in [-0.15, -0.1) is 11.3 Å². The average Bonchev–Trinajstić information content (AvgIpc) is 2.96. The molecular weight excluding hydrogens is 250 g/mol. The van der Waals surface area contributed by atoms with Crippen molar-refractivity contribution < 1.29 is 0 Å². The molecule has 0 fully saturated rings. The zero-order chi connectivity index (χ0) is 13.5. The average molecular weight is 273 g/mol. The first kappa shape index (κ1) is 14.3. The summed E-state index contributed by atoms with van der Waals surface area (Å²) in [6, 6.07) is 15.7. The van der Waals surface area contributed by atoms with Crippen LogP contribution in [0.3, 0.4) is 0 Å². The number of hydrogen-bond acceptors (Lipinski definition) is 2. The van der Waals surface area contributed by atoms with Crippen LogP contribution in [0.1, 0.15) is 36.8 Å². The smallest absolute Gasteiger partial charge is 0.0346 e. The summed E-state index contributed by atoms with van der Waals surface area (Å²) < 4.78 is 0. The summed E-state index contributed by atoms with van der Waals surface area (Å²) in [5.41, 5.74) is 1.41. The van der Waals surface area contributed by atoms with Crippen LogP contribution >= 0.6 is 11.3 Å². The summed E-state index contributed by atoms with van der Waals surface area (Å²) in [4.78, 5) is 1.50. The van der Waals surface area contributed by atoms with Crippen LogP contribution in [-0.4, -0.2) is 6.54 Å². The van der Waals surface area contributed by atoms with Crippen LogP contribution in [0.4, 0.5) is 0 Å². The second kappa shape index (κ2) is 7.46. The van der Waals surface area contributed by atoms with Gasteiger partial charge < -0.3 is 5.32 Å². The van der Waals surface area contributed by atoms with Crippen LogP contribution in [0.25, 0.3) is 0 Å². The monoisotopic (exact) mass is 273 g/mol. The fourth-order valence-electron chi connectivity index (χ4n) is 2.52. The number of aryl methyl sites for hydroxylation is 1. The van der Waals surface area contributed by atoms with Gasteiger partial charge in [0, 0.05) is 10.9 Å². The van der Waals surface area contributed by atoms with Crippen molar-refractivity contribution in [3.8, 4) is 0 Å². The van der Waals surface area contributed by atoms with E-state index in [0.717, 1.165) is 6.54 Å². The summed E-state index contributed by atoms with van der Waals surface area (Å²) in [7, 11) is 0. The van der Waals surface area contributed by atoms with E-state index in [4.69, 9.17) is 0 Å². The second-order valence-corrected chi connectivity index (χ2v) is 6.07. The van der Waals surface area contributed by atoms with E-state index < -0.39 is 0 Å². The van der Waals surface area contributed by atoms with E-state index in [1.165, 1.54) is 23.3 Å². The fraction of sp³-hybridized carbons (Fsp3) is 0.412. The third-order valence-electron chi connectivity index (χ3n) is 3.58. The van der Waals surface area contributed by atoms with Crippen molar-refractivity contribution in [1.82, 2.24) is 5.32 Å². The van der Waals surface area contributed by atoms with Gasteiger partial charge in [-0.25, -0.2) is 0 Å². The zero-order valence-corrected chi connectivity index (χ0v) is 12.6. The van der Waals surface area contributed by atoms with Crippen LogP contribution < -0.4 is 5.32 Å². The molecule has 1 heterocycles. The van der Waals surface area contributed by atoms with Gasteiger partial charge in [0.05, 0.1) is 0 Å². The molecule has 0 aliphatic rings. The molecule has 0 spiro atoms. The molecule has 0 aliphatic carbocycles. The highest BCUT2D eigenvalue weighted by molar-refractivity contribution is 7.09. The van der Waals surface area contributed by atoms with E-state index in [2.05, 4.69) is 67.0 Å². The lowest BCUT2D eigenvalue weighted by atomic mass is 9.90. The molecule has 0 amide bonds. The fourth-order valence-corrected chi connectivity index (χ4v) is 3.24. The van der Waals surface area contributed by atoms with Gasteiger partial charge in [0.1, 0.15) is 0 Å². The van der Waals surface area contributed by atoms with Crippen molar-refractivity contribution in [3.63, 3.8) is 0 Å². The molecule has 0 saturated heterocycles. The molecule has 1 aromatic heterocycles. The van der Waals surface area contributed by atoms with Gasteiger partial charge in [0.2, 0.25) is 0 Å². The van der Waals surface area contributed by atoms with Crippen molar-refractivity contribution in [2.45, 2.75) is 32.7 Å². The number of rotatable bonds is 7. The zero-order valence-electron chi connectivity index (χ0n) is 11.8. The van der Waals surface area contributed by atoms with Crippen molar-refractivity contribution in [2.24, 2.45) is 5.92 Å². The standard InChI is InChI=1S/C17H23NS/c1-3-18-17(15-8-5-4-6-9-15)14(2)11-12-16-10-7-13-19-16/h4-10,13-14,17-18H,3,11-12H2,1-2H3. The van der Waals surface area contributed by atoms with Crippen molar-refractivity contribution in [3.05, 3.63) is 58.3 Å². The van der Waals surface area contributed by atoms with E-state index in [1.54, 1.807) is 0 Å². The van der Waals surface area contributed by atoms with E-state index in [-0.39, 0.29) is 0 Å². The third-order valence-corrected chi connectivity index (χ3v) is 4.51. The Kier molecular flexibility index (Phi) is 5.62. The molecule has 102 valence electrons. The Morgan fingerprint density at radius 2 is 1.89 bits per heavy atom. The number of nitrogens with one attached hydrogen (secondary N) is 1. The van der Waals surface area contributed by atoms with Gasteiger partial charge in [-0.1, -0.05) is 50.2 Å². The summed E-state index contributed by atoms with van der Waals surface area (Å²) in [5.74, 6) is 0.643. The van der Waals surface area contributed by atoms with E-state index in [0.29, 0.717) is 12.0 Å². The maximum atomic E-state index is 3.63. The Hall–Kier alpha value is -1.12. The first-order valence-corrected chi connectivity index (χ1v) is 8.00. The van der Waals surface area contributed by atoms with Gasteiger partial charge >= 0.3 is 0 Å². The molecule has 0 radical (unpaired) electrons. The van der Waals surface area contributed by atoms with Crippen LogP contribution in [0.15, 0.2) is 47.8 Å². The highest BCUT2D eigenvalue weighted by Crippen LogP contribution is 2.26. The molecule has 2 rings (SSSR count). The Morgan fingerprint density at radius 3 is 2.53 bits per heavy atom. The number of hydrogen-bond donors (Lipinski definition) is 1. The van der Waals surface area contributed by atoms with Gasteiger partial charge in [0.25, 0.3) is 0 Å². The first-order valence-electron chi connectivity index (χ1n) is 7.12. The minimum Gasteiger partial charge on any atom is -0.310 e. The summed E-state index contributed by atoms with van der Waals surface area (Å²) in [5, 5.41) is 5.80. The van der Waals surface area contributed by atoms with Crippen LogP contribution in [0.5, 0.6) is 0 Å². The second-order valence-electron chi connectivity index (χ2n) is 5.04. The molecule has 0 aliphatic heterocycles. The first-order chi connectivity index (χ1) is 9.31. The van der Waals surface area contributed by atoms with Gasteiger partial charge in [-0.05, 0) is 42.3 Å². The normalized spacial score (nSPS) is 14.2. The lowest BCUT2D eigenvalue weighted by Crippen LogP contribution is -2.27. The van der Waals surface area contributed by atoms with Crippen LogP contribution in [0.2, 0.25) is 0 Å². The Labute approximate surface area is 120 Å². The van der Waals surface area contributed by atoms with E-state index in [1.807, 2.05) is 11.3 Å². The largest absolute Gasteiger partial charge is 0.310 e.